The molecule has 0 aliphatic carbocycles. The van der Waals surface area contributed by atoms with Crippen molar-refractivity contribution in [1.82, 2.24) is 10.3 Å². The number of amides is 2. The molecule has 0 saturated carbocycles. The normalized spacial score (nSPS) is 11.9. The fraction of sp³-hybridized carbons (Fsp3) is 0.242. The standard InChI is InChI=1S/C33H35N3O5/c1-33(2,3)41-32(38)36-30(28(22-12-8-6-9-13-22)23-14-10-7-11-15-23)31(37)35-25-18-16-24(17-19-25)29-26(39-4)20-34-21-27(29)40-5/h6-21,28,30H,1-5H3,(H,35,37)(H,36,38)/t30-/m0/s1. The van der Waals surface area contributed by atoms with Crippen LogP contribution >= 0.6 is 0 Å². The quantitative estimate of drug-likeness (QED) is 0.248. The largest absolute Gasteiger partial charge is 0.494 e. The van der Waals surface area contributed by atoms with Gasteiger partial charge >= 0.3 is 6.09 Å². The van der Waals surface area contributed by atoms with Crippen LogP contribution in [0.3, 0.4) is 0 Å². The highest BCUT2D eigenvalue weighted by atomic mass is 16.6. The van der Waals surface area contributed by atoms with Gasteiger partial charge < -0.3 is 24.8 Å². The molecule has 0 spiro atoms. The van der Waals surface area contributed by atoms with Gasteiger partial charge in [-0.1, -0.05) is 72.8 Å². The molecule has 2 N–H and O–H groups in total. The minimum absolute atomic E-state index is 0.389. The zero-order valence-electron chi connectivity index (χ0n) is 23.9. The minimum Gasteiger partial charge on any atom is -0.494 e. The van der Waals surface area contributed by atoms with E-state index in [-0.39, 0.29) is 5.91 Å². The van der Waals surface area contributed by atoms with Crippen LogP contribution < -0.4 is 20.1 Å². The van der Waals surface area contributed by atoms with E-state index in [9.17, 15) is 9.59 Å². The number of benzene rings is 3. The Morgan fingerprint density at radius 1 is 0.756 bits per heavy atom. The number of anilines is 1. The molecule has 41 heavy (non-hydrogen) atoms. The average Bonchev–Trinajstić information content (AvgIpc) is 2.97. The number of hydrogen-bond acceptors (Lipinski definition) is 6. The van der Waals surface area contributed by atoms with Crippen LogP contribution in [0.1, 0.15) is 37.8 Å². The average molecular weight is 554 g/mol. The molecule has 1 atom stereocenters. The van der Waals surface area contributed by atoms with Gasteiger partial charge in [-0.25, -0.2) is 4.79 Å². The van der Waals surface area contributed by atoms with Crippen molar-refractivity contribution in [2.45, 2.75) is 38.3 Å². The second-order valence-corrected chi connectivity index (χ2v) is 10.4. The maximum atomic E-state index is 13.9. The number of alkyl carbamates (subject to hydrolysis) is 1. The van der Waals surface area contributed by atoms with Gasteiger partial charge in [-0.2, -0.15) is 0 Å². The second-order valence-electron chi connectivity index (χ2n) is 10.4. The molecule has 3 aromatic carbocycles. The first kappa shape index (κ1) is 29.1. The Balaban J connectivity index is 1.68. The van der Waals surface area contributed by atoms with Crippen molar-refractivity contribution >= 4 is 17.7 Å². The van der Waals surface area contributed by atoms with Crippen molar-refractivity contribution in [2.24, 2.45) is 0 Å². The molecule has 4 rings (SSSR count). The number of nitrogens with one attached hydrogen (secondary N) is 2. The fourth-order valence-corrected chi connectivity index (χ4v) is 4.59. The highest BCUT2D eigenvalue weighted by Gasteiger charge is 2.34. The summed E-state index contributed by atoms with van der Waals surface area (Å²) in [7, 11) is 3.14. The summed E-state index contributed by atoms with van der Waals surface area (Å²) in [4.78, 5) is 31.1. The smallest absolute Gasteiger partial charge is 0.408 e. The molecule has 0 aliphatic rings. The second kappa shape index (κ2) is 13.0. The molecule has 0 unspecified atom stereocenters. The molecular weight excluding hydrogens is 518 g/mol. The van der Waals surface area contributed by atoms with Gasteiger partial charge in [0.2, 0.25) is 5.91 Å². The monoisotopic (exact) mass is 553 g/mol. The Morgan fingerprint density at radius 2 is 1.27 bits per heavy atom. The third kappa shape index (κ3) is 7.42. The van der Waals surface area contributed by atoms with E-state index in [1.54, 1.807) is 59.5 Å². The number of hydrogen-bond donors (Lipinski definition) is 2. The number of nitrogens with zero attached hydrogens (tertiary/aromatic N) is 1. The summed E-state index contributed by atoms with van der Waals surface area (Å²) >= 11 is 0. The molecule has 0 saturated heterocycles. The lowest BCUT2D eigenvalue weighted by molar-refractivity contribution is -0.118. The molecule has 8 heteroatoms. The molecule has 0 aliphatic heterocycles. The number of rotatable bonds is 9. The molecule has 4 aromatic rings. The maximum Gasteiger partial charge on any atom is 0.408 e. The molecule has 1 heterocycles. The zero-order chi connectivity index (χ0) is 29.4. The maximum absolute atomic E-state index is 13.9. The summed E-state index contributed by atoms with van der Waals surface area (Å²) in [6, 6.07) is 25.6. The lowest BCUT2D eigenvalue weighted by atomic mass is 9.84. The Morgan fingerprint density at radius 3 is 1.73 bits per heavy atom. The first-order valence-corrected chi connectivity index (χ1v) is 13.3. The van der Waals surface area contributed by atoms with Crippen molar-refractivity contribution in [2.75, 3.05) is 19.5 Å². The molecule has 1 aromatic heterocycles. The Hall–Kier alpha value is -4.85. The number of ether oxygens (including phenoxy) is 3. The van der Waals surface area contributed by atoms with E-state index in [0.717, 1.165) is 22.3 Å². The minimum atomic E-state index is -0.977. The van der Waals surface area contributed by atoms with Crippen LogP contribution in [0.2, 0.25) is 0 Å². The fourth-order valence-electron chi connectivity index (χ4n) is 4.59. The van der Waals surface area contributed by atoms with Crippen molar-refractivity contribution in [3.8, 4) is 22.6 Å². The highest BCUT2D eigenvalue weighted by molar-refractivity contribution is 5.98. The van der Waals surface area contributed by atoms with Crippen molar-refractivity contribution in [1.29, 1.82) is 0 Å². The van der Waals surface area contributed by atoms with E-state index in [1.165, 1.54) is 0 Å². The summed E-state index contributed by atoms with van der Waals surface area (Å²) in [5.74, 6) is 0.266. The Labute approximate surface area is 240 Å². The van der Waals surface area contributed by atoms with Gasteiger partial charge in [0.25, 0.3) is 0 Å². The lowest BCUT2D eigenvalue weighted by Crippen LogP contribution is -2.49. The summed E-state index contributed by atoms with van der Waals surface area (Å²) in [5.41, 5.74) is 3.16. The predicted molar refractivity (Wildman–Crippen MR) is 159 cm³/mol. The molecule has 212 valence electrons. The van der Waals surface area contributed by atoms with Gasteiger partial charge in [0.05, 0.1) is 32.2 Å². The van der Waals surface area contributed by atoms with Gasteiger partial charge in [0, 0.05) is 11.6 Å². The number of pyridine rings is 1. The van der Waals surface area contributed by atoms with E-state index >= 15 is 0 Å². The van der Waals surface area contributed by atoms with Crippen LogP contribution in [0, 0.1) is 0 Å². The van der Waals surface area contributed by atoms with Crippen LogP contribution in [0.25, 0.3) is 11.1 Å². The highest BCUT2D eigenvalue weighted by Crippen LogP contribution is 2.38. The summed E-state index contributed by atoms with van der Waals surface area (Å²) in [5, 5.41) is 5.83. The van der Waals surface area contributed by atoms with Crippen molar-refractivity contribution in [3.05, 3.63) is 108 Å². The number of carbonyl (C=O) groups is 2. The van der Waals surface area contributed by atoms with E-state index in [0.29, 0.717) is 17.2 Å². The first-order chi connectivity index (χ1) is 19.7. The number of methoxy groups -OCH3 is 2. The molecular formula is C33H35N3O5. The van der Waals surface area contributed by atoms with Gasteiger partial charge in [-0.3, -0.25) is 9.78 Å². The van der Waals surface area contributed by atoms with Gasteiger partial charge in [0.1, 0.15) is 23.1 Å². The summed E-state index contributed by atoms with van der Waals surface area (Å²) < 4.78 is 16.5. The molecule has 0 radical (unpaired) electrons. The van der Waals surface area contributed by atoms with E-state index in [2.05, 4.69) is 15.6 Å². The summed E-state index contributed by atoms with van der Waals surface area (Å²) in [6.07, 6.45) is 2.56. The molecule has 2 amide bonds. The third-order valence-electron chi connectivity index (χ3n) is 6.36. The van der Waals surface area contributed by atoms with Crippen molar-refractivity contribution in [3.63, 3.8) is 0 Å². The predicted octanol–water partition coefficient (Wildman–Crippen LogP) is 6.43. The number of aromatic nitrogens is 1. The van der Waals surface area contributed by atoms with Crippen LogP contribution in [0.5, 0.6) is 11.5 Å². The van der Waals surface area contributed by atoms with Crippen LogP contribution in [0.15, 0.2) is 97.3 Å². The Kier molecular flexibility index (Phi) is 9.24. The summed E-state index contributed by atoms with van der Waals surface area (Å²) in [6.45, 7) is 5.34. The molecule has 0 fully saturated rings. The third-order valence-corrected chi connectivity index (χ3v) is 6.36. The van der Waals surface area contributed by atoms with Crippen LogP contribution in [0.4, 0.5) is 10.5 Å². The van der Waals surface area contributed by atoms with E-state index in [1.807, 2.05) is 72.8 Å². The molecule has 8 nitrogen and oxygen atoms in total. The van der Waals surface area contributed by atoms with Crippen LogP contribution in [-0.2, 0) is 9.53 Å². The van der Waals surface area contributed by atoms with Gasteiger partial charge in [-0.15, -0.1) is 0 Å². The van der Waals surface area contributed by atoms with E-state index in [4.69, 9.17) is 14.2 Å². The Bertz CT molecular complexity index is 1390. The number of carbonyl (C=O) groups excluding carboxylic acids is 2. The topological polar surface area (TPSA) is 98.8 Å². The SMILES string of the molecule is COc1cncc(OC)c1-c1ccc(NC(=O)[C@@H](NC(=O)OC(C)(C)C)C(c2ccccc2)c2ccccc2)cc1. The first-order valence-electron chi connectivity index (χ1n) is 13.3. The molecule has 0 bridgehead atoms. The van der Waals surface area contributed by atoms with Gasteiger partial charge in [0.15, 0.2) is 0 Å². The zero-order valence-corrected chi connectivity index (χ0v) is 23.9. The van der Waals surface area contributed by atoms with Crippen LogP contribution in [-0.4, -0.2) is 42.8 Å². The lowest BCUT2D eigenvalue weighted by Gasteiger charge is -2.29. The van der Waals surface area contributed by atoms with Gasteiger partial charge in [-0.05, 0) is 49.6 Å². The van der Waals surface area contributed by atoms with Crippen molar-refractivity contribution < 1.29 is 23.8 Å². The van der Waals surface area contributed by atoms with E-state index < -0.39 is 23.7 Å².